The van der Waals surface area contributed by atoms with Crippen molar-refractivity contribution >= 4 is 36.1 Å². The Morgan fingerprint density at radius 2 is 2.43 bits per heavy atom. The molecule has 0 saturated heterocycles. The summed E-state index contributed by atoms with van der Waals surface area (Å²) in [7, 11) is 3.55. The van der Waals surface area contributed by atoms with Gasteiger partial charge < -0.3 is 0 Å². The summed E-state index contributed by atoms with van der Waals surface area (Å²) in [5.74, 6) is 0. The van der Waals surface area contributed by atoms with Crippen molar-refractivity contribution in [3.63, 3.8) is 0 Å². The fraction of sp³-hybridized carbons (Fsp3) is 1.00. The first-order valence-corrected chi connectivity index (χ1v) is 6.99. The molecule has 0 N–H and O–H groups in total. The molecule has 0 aromatic heterocycles. The summed E-state index contributed by atoms with van der Waals surface area (Å²) < 4.78 is 0. The normalized spacial score (nSPS) is 17.9. The zero-order valence-corrected chi connectivity index (χ0v) is 7.65. The van der Waals surface area contributed by atoms with Crippen LogP contribution in [0.2, 0.25) is 0 Å². The summed E-state index contributed by atoms with van der Waals surface area (Å²) in [6.07, 6.45) is 0. The van der Waals surface area contributed by atoms with Crippen LogP contribution in [0.15, 0.2) is 5.18 Å². The van der Waals surface area contributed by atoms with Gasteiger partial charge in [-0.1, -0.05) is 0 Å². The second-order valence-electron chi connectivity index (χ2n) is 1.03. The summed E-state index contributed by atoms with van der Waals surface area (Å²) in [5.41, 5.74) is 0. The molecule has 2 unspecified atom stereocenters. The van der Waals surface area contributed by atoms with Gasteiger partial charge in [-0.25, -0.2) is 0 Å². The van der Waals surface area contributed by atoms with Crippen LogP contribution in [0.3, 0.4) is 0 Å². The minimum absolute atomic E-state index is 0.112. The van der Waals surface area contributed by atoms with Crippen molar-refractivity contribution in [2.75, 3.05) is 0 Å². The van der Waals surface area contributed by atoms with Crippen LogP contribution in [0.25, 0.3) is 0 Å². The van der Waals surface area contributed by atoms with E-state index >= 15 is 0 Å². The number of nitroso groups, excluding NO2 is 1. The summed E-state index contributed by atoms with van der Waals surface area (Å²) in [5, 5.41) is 2.67. The molecule has 0 fully saturated rings. The van der Waals surface area contributed by atoms with Crippen molar-refractivity contribution in [3.8, 4) is 0 Å². The number of thiol groups is 1. The second kappa shape index (κ2) is 4.04. The summed E-state index contributed by atoms with van der Waals surface area (Å²) in [4.78, 5) is 9.66. The van der Waals surface area contributed by atoms with Crippen LogP contribution in [-0.2, 0) is 0 Å². The van der Waals surface area contributed by atoms with Crippen LogP contribution in [0.5, 0.6) is 0 Å². The third kappa shape index (κ3) is 3.67. The third-order valence-corrected chi connectivity index (χ3v) is 4.59. The number of hydrogen-bond acceptors (Lipinski definition) is 2. The molecule has 7 heavy (non-hydrogen) atoms. The molecule has 0 bridgehead atoms. The molecule has 42 valence electrons. The van der Waals surface area contributed by atoms with Gasteiger partial charge in [0.25, 0.3) is 0 Å². The van der Waals surface area contributed by atoms with Crippen molar-refractivity contribution in [1.29, 1.82) is 0 Å². The standard InChI is InChI=1S/C2H5INOPS/c1-2(4-5)7(3)6/h2,7H,1H3. The van der Waals surface area contributed by atoms with Crippen molar-refractivity contribution < 1.29 is 0 Å². The van der Waals surface area contributed by atoms with Gasteiger partial charge in [-0.05, 0) is 0 Å². The Labute approximate surface area is 58.4 Å². The molecular formula is C2H5INOPS. The Morgan fingerprint density at radius 1 is 2.00 bits per heavy atom. The van der Waals surface area contributed by atoms with E-state index in [1.807, 2.05) is 0 Å². The fourth-order valence-electron chi connectivity index (χ4n) is 0.0389. The third-order valence-electron chi connectivity index (χ3n) is 0.461. The van der Waals surface area contributed by atoms with Crippen molar-refractivity contribution in [2.45, 2.75) is 12.3 Å². The summed E-state index contributed by atoms with van der Waals surface area (Å²) >= 11 is 2.10. The van der Waals surface area contributed by atoms with E-state index < -0.39 is 7.04 Å². The molecule has 0 spiro atoms. The summed E-state index contributed by atoms with van der Waals surface area (Å²) in [6.45, 7) is 1.76. The Morgan fingerprint density at radius 3 is 2.43 bits per heavy atom. The van der Waals surface area contributed by atoms with Gasteiger partial charge in [0.2, 0.25) is 0 Å². The first-order valence-electron chi connectivity index (χ1n) is 1.65. The van der Waals surface area contributed by atoms with E-state index in [4.69, 9.17) is 0 Å². The molecule has 5 heteroatoms. The molecule has 0 aliphatic rings. The van der Waals surface area contributed by atoms with Gasteiger partial charge in [0.1, 0.15) is 0 Å². The number of nitrogens with zero attached hydrogens (tertiary/aromatic N) is 1. The molecule has 0 radical (unpaired) electrons. The molecule has 0 amide bonds. The van der Waals surface area contributed by atoms with E-state index in [1.54, 1.807) is 6.92 Å². The van der Waals surface area contributed by atoms with Crippen LogP contribution in [0.1, 0.15) is 6.92 Å². The van der Waals surface area contributed by atoms with Crippen LogP contribution in [0.4, 0.5) is 0 Å². The molecule has 0 rings (SSSR count). The zero-order valence-electron chi connectivity index (χ0n) is 3.71. The van der Waals surface area contributed by atoms with E-state index in [9.17, 15) is 4.91 Å². The predicted octanol–water partition coefficient (Wildman–Crippen LogP) is 2.78. The Bertz CT molecular complexity index is 129. The van der Waals surface area contributed by atoms with E-state index in [0.717, 1.165) is 0 Å². The molecule has 0 aliphatic carbocycles. The van der Waals surface area contributed by atoms with Crippen LogP contribution >= 0.6 is 36.1 Å². The Hall–Kier alpha value is 1.11. The molecule has 0 aliphatic heterocycles. The average molecular weight is 249 g/mol. The van der Waals surface area contributed by atoms with E-state index in [-0.39, 0.29) is 5.37 Å². The van der Waals surface area contributed by atoms with Crippen molar-refractivity contribution in [3.05, 3.63) is 4.91 Å². The topological polar surface area (TPSA) is 29.4 Å². The molecule has 0 aromatic rings. The average Bonchev–Trinajstić information content (AvgIpc) is 1.65. The van der Waals surface area contributed by atoms with Gasteiger partial charge in [-0.15, -0.1) is 0 Å². The summed E-state index contributed by atoms with van der Waals surface area (Å²) in [6, 6.07) is 0. The Kier molecular flexibility index (Phi) is 4.68. The van der Waals surface area contributed by atoms with Crippen molar-refractivity contribution in [1.82, 2.24) is 0 Å². The molecule has 2 atom stereocenters. The molecular weight excluding hydrogens is 244 g/mol. The minimum atomic E-state index is -0.477. The monoisotopic (exact) mass is 249 g/mol. The number of rotatable bonds is 1. The molecule has 0 aromatic carbocycles. The SMILES string of the molecule is CC(N=O)[SH](#P)I. The fourth-order valence-corrected chi connectivity index (χ4v) is 0.548. The van der Waals surface area contributed by atoms with Gasteiger partial charge in [0.15, 0.2) is 0 Å². The van der Waals surface area contributed by atoms with E-state index in [2.05, 4.69) is 34.2 Å². The van der Waals surface area contributed by atoms with Crippen LogP contribution < -0.4 is 0 Å². The maximum atomic E-state index is 9.66. The molecule has 0 saturated carbocycles. The molecule has 0 heterocycles. The van der Waals surface area contributed by atoms with Crippen LogP contribution in [-0.4, -0.2) is 5.37 Å². The number of hydrogen-bond donors (Lipinski definition) is 1. The van der Waals surface area contributed by atoms with Gasteiger partial charge in [0, 0.05) is 0 Å². The predicted molar refractivity (Wildman–Crippen MR) is 45.2 cm³/mol. The Balaban J connectivity index is 3.64. The van der Waals surface area contributed by atoms with Gasteiger partial charge in [0.05, 0.1) is 0 Å². The quantitative estimate of drug-likeness (QED) is 0.329. The molecule has 2 nitrogen and oxygen atoms in total. The van der Waals surface area contributed by atoms with E-state index in [1.165, 1.54) is 0 Å². The number of halogens is 1. The first-order chi connectivity index (χ1) is 3.18. The van der Waals surface area contributed by atoms with Gasteiger partial charge >= 0.3 is 58.4 Å². The maximum absolute atomic E-state index is 9.66. The van der Waals surface area contributed by atoms with Crippen molar-refractivity contribution in [2.24, 2.45) is 5.18 Å². The first kappa shape index (κ1) is 8.11. The van der Waals surface area contributed by atoms with Gasteiger partial charge in [-0.3, -0.25) is 0 Å². The second-order valence-corrected chi connectivity index (χ2v) is 9.05. The zero-order chi connectivity index (χ0) is 5.86. The van der Waals surface area contributed by atoms with Crippen LogP contribution in [0, 0.1) is 4.91 Å². The van der Waals surface area contributed by atoms with Gasteiger partial charge in [-0.2, -0.15) is 0 Å². The van der Waals surface area contributed by atoms with E-state index in [0.29, 0.717) is 0 Å².